The molecule has 0 aromatic heterocycles. The monoisotopic (exact) mass is 300 g/mol. The SMILES string of the molecule is C[N-][C@]1(C)CC[C@@H]2[C@@H]3[C@H](C(C)=CC[C@H]31)[C@@H](C=C(C)C)C[C@H]2C. The highest BCUT2D eigenvalue weighted by Gasteiger charge is 2.52. The third kappa shape index (κ3) is 2.50. The van der Waals surface area contributed by atoms with Crippen molar-refractivity contribution in [1.29, 1.82) is 0 Å². The van der Waals surface area contributed by atoms with E-state index in [0.717, 1.165) is 35.5 Å². The van der Waals surface area contributed by atoms with Crippen LogP contribution in [-0.2, 0) is 0 Å². The molecular formula is C21H34N-. The van der Waals surface area contributed by atoms with Crippen molar-refractivity contribution in [2.75, 3.05) is 7.05 Å². The highest BCUT2D eigenvalue weighted by atomic mass is 15.0. The van der Waals surface area contributed by atoms with Gasteiger partial charge in [-0.05, 0) is 69.1 Å². The molecule has 0 unspecified atom stereocenters. The van der Waals surface area contributed by atoms with Crippen molar-refractivity contribution in [1.82, 2.24) is 0 Å². The van der Waals surface area contributed by atoms with Gasteiger partial charge in [0.2, 0.25) is 0 Å². The Morgan fingerprint density at radius 2 is 2.09 bits per heavy atom. The minimum atomic E-state index is 0.212. The lowest BCUT2D eigenvalue weighted by atomic mass is 9.47. The molecule has 7 atom stereocenters. The van der Waals surface area contributed by atoms with Crippen LogP contribution in [0.1, 0.15) is 60.3 Å². The first-order valence-electron chi connectivity index (χ1n) is 9.30. The second kappa shape index (κ2) is 5.82. The highest BCUT2D eigenvalue weighted by molar-refractivity contribution is 5.25. The fourth-order valence-corrected chi connectivity index (χ4v) is 6.15. The highest BCUT2D eigenvalue weighted by Crippen LogP contribution is 2.60. The lowest BCUT2D eigenvalue weighted by molar-refractivity contribution is -0.0285. The number of hydrogen-bond acceptors (Lipinski definition) is 0. The number of allylic oxidation sites excluding steroid dienone is 4. The molecule has 124 valence electrons. The summed E-state index contributed by atoms with van der Waals surface area (Å²) in [5.41, 5.74) is 3.37. The summed E-state index contributed by atoms with van der Waals surface area (Å²) >= 11 is 0. The fourth-order valence-electron chi connectivity index (χ4n) is 6.15. The average Bonchev–Trinajstić information content (AvgIpc) is 2.45. The minimum absolute atomic E-state index is 0.212. The summed E-state index contributed by atoms with van der Waals surface area (Å²) in [5.74, 6) is 4.94. The van der Waals surface area contributed by atoms with Gasteiger partial charge in [-0.3, -0.25) is 0 Å². The Labute approximate surface area is 137 Å². The van der Waals surface area contributed by atoms with E-state index in [2.05, 4.69) is 53.8 Å². The summed E-state index contributed by atoms with van der Waals surface area (Å²) in [6.45, 7) is 11.9. The largest absolute Gasteiger partial charge is 0.659 e. The van der Waals surface area contributed by atoms with Gasteiger partial charge < -0.3 is 5.32 Å². The van der Waals surface area contributed by atoms with Crippen LogP contribution < -0.4 is 0 Å². The van der Waals surface area contributed by atoms with Crippen molar-refractivity contribution in [3.63, 3.8) is 0 Å². The molecule has 2 saturated carbocycles. The van der Waals surface area contributed by atoms with E-state index in [9.17, 15) is 0 Å². The average molecular weight is 301 g/mol. The maximum Gasteiger partial charge on any atom is -0.0109 e. The van der Waals surface area contributed by atoms with E-state index >= 15 is 0 Å². The van der Waals surface area contributed by atoms with Gasteiger partial charge in [-0.2, -0.15) is 7.05 Å². The molecule has 0 aromatic rings. The number of hydrogen-bond donors (Lipinski definition) is 0. The summed E-state index contributed by atoms with van der Waals surface area (Å²) < 4.78 is 0. The van der Waals surface area contributed by atoms with Gasteiger partial charge in [0, 0.05) is 0 Å². The zero-order valence-electron chi connectivity index (χ0n) is 15.4. The Hall–Kier alpha value is -0.560. The van der Waals surface area contributed by atoms with Gasteiger partial charge in [0.15, 0.2) is 0 Å². The maximum atomic E-state index is 4.88. The maximum absolute atomic E-state index is 4.88. The van der Waals surface area contributed by atoms with Crippen LogP contribution in [0.25, 0.3) is 5.32 Å². The quantitative estimate of drug-likeness (QED) is 0.557. The first-order chi connectivity index (χ1) is 10.4. The van der Waals surface area contributed by atoms with E-state index in [4.69, 9.17) is 5.32 Å². The molecule has 3 rings (SSSR count). The van der Waals surface area contributed by atoms with Crippen molar-refractivity contribution < 1.29 is 0 Å². The van der Waals surface area contributed by atoms with Crippen LogP contribution >= 0.6 is 0 Å². The predicted octanol–water partition coefficient (Wildman–Crippen LogP) is 5.98. The van der Waals surface area contributed by atoms with Gasteiger partial charge in [0.25, 0.3) is 0 Å². The van der Waals surface area contributed by atoms with Crippen LogP contribution in [-0.4, -0.2) is 12.6 Å². The molecule has 0 spiro atoms. The molecule has 0 N–H and O–H groups in total. The molecule has 0 aromatic carbocycles. The van der Waals surface area contributed by atoms with Crippen molar-refractivity contribution >= 4 is 0 Å². The van der Waals surface area contributed by atoms with Crippen LogP contribution in [0.2, 0.25) is 0 Å². The Morgan fingerprint density at radius 3 is 2.73 bits per heavy atom. The molecule has 0 bridgehead atoms. The topological polar surface area (TPSA) is 14.1 Å². The van der Waals surface area contributed by atoms with Crippen molar-refractivity contribution in [3.05, 3.63) is 28.6 Å². The molecule has 0 radical (unpaired) electrons. The normalized spacial score (nSPS) is 47.5. The van der Waals surface area contributed by atoms with Crippen LogP contribution in [0.3, 0.4) is 0 Å². The van der Waals surface area contributed by atoms with E-state index in [1.54, 1.807) is 5.57 Å². The lowest BCUT2D eigenvalue weighted by Crippen LogP contribution is -2.54. The van der Waals surface area contributed by atoms with Crippen LogP contribution in [0.15, 0.2) is 23.3 Å². The molecule has 1 heteroatoms. The number of rotatable bonds is 2. The molecule has 0 saturated heterocycles. The molecule has 0 amide bonds. The van der Waals surface area contributed by atoms with E-state index < -0.39 is 0 Å². The zero-order valence-corrected chi connectivity index (χ0v) is 15.4. The summed E-state index contributed by atoms with van der Waals surface area (Å²) in [5, 5.41) is 4.88. The summed E-state index contributed by atoms with van der Waals surface area (Å²) in [6.07, 6.45) is 10.5. The number of nitrogens with zero attached hydrogens (tertiary/aromatic N) is 1. The van der Waals surface area contributed by atoms with Crippen molar-refractivity contribution in [2.45, 2.75) is 65.8 Å². The van der Waals surface area contributed by atoms with Gasteiger partial charge in [0.05, 0.1) is 0 Å². The van der Waals surface area contributed by atoms with Crippen molar-refractivity contribution in [2.24, 2.45) is 35.5 Å². The van der Waals surface area contributed by atoms with E-state index in [0.29, 0.717) is 0 Å². The van der Waals surface area contributed by atoms with Gasteiger partial charge in [-0.25, -0.2) is 0 Å². The fraction of sp³-hybridized carbons (Fsp3) is 0.810. The van der Waals surface area contributed by atoms with E-state index in [1.165, 1.54) is 31.3 Å². The molecule has 3 aliphatic carbocycles. The second-order valence-corrected chi connectivity index (χ2v) is 8.80. The summed E-state index contributed by atoms with van der Waals surface area (Å²) in [4.78, 5) is 0. The Balaban J connectivity index is 2.02. The van der Waals surface area contributed by atoms with E-state index in [-0.39, 0.29) is 5.54 Å². The van der Waals surface area contributed by atoms with Gasteiger partial charge in [-0.1, -0.05) is 50.0 Å². The van der Waals surface area contributed by atoms with Gasteiger partial charge >= 0.3 is 0 Å². The van der Waals surface area contributed by atoms with Gasteiger partial charge in [-0.15, -0.1) is 5.54 Å². The summed E-state index contributed by atoms with van der Waals surface area (Å²) in [7, 11) is 2.06. The second-order valence-electron chi connectivity index (χ2n) is 8.80. The van der Waals surface area contributed by atoms with Crippen molar-refractivity contribution in [3.8, 4) is 0 Å². The third-order valence-corrected chi connectivity index (χ3v) is 7.27. The molecule has 2 fully saturated rings. The van der Waals surface area contributed by atoms with Crippen LogP contribution in [0, 0.1) is 35.5 Å². The zero-order chi connectivity index (χ0) is 16.1. The van der Waals surface area contributed by atoms with Crippen LogP contribution in [0.4, 0.5) is 0 Å². The standard InChI is InChI=1S/C21H34N/c1-13(2)11-16-12-15(4)17-9-10-21(5,22-6)18-8-7-14(3)19(16)20(17)18/h7,11,15-20H,8-10,12H2,1-6H3/q-1/t15-,16+,17+,18-,19-,20+,21-/m1/s1. The predicted molar refractivity (Wildman–Crippen MR) is 96.0 cm³/mol. The van der Waals surface area contributed by atoms with Crippen LogP contribution in [0.5, 0.6) is 0 Å². The molecule has 0 heterocycles. The molecular weight excluding hydrogens is 266 g/mol. The smallest absolute Gasteiger partial charge is 0.0109 e. The molecule has 1 nitrogen and oxygen atoms in total. The van der Waals surface area contributed by atoms with E-state index in [1.807, 2.05) is 0 Å². The summed E-state index contributed by atoms with van der Waals surface area (Å²) in [6, 6.07) is 0. The first-order valence-corrected chi connectivity index (χ1v) is 9.30. The molecule has 3 aliphatic rings. The Bertz CT molecular complexity index is 484. The third-order valence-electron chi connectivity index (χ3n) is 7.27. The molecule has 0 aliphatic heterocycles. The first kappa shape index (κ1) is 16.3. The Kier molecular flexibility index (Phi) is 4.31. The lowest BCUT2D eigenvalue weighted by Gasteiger charge is -2.64. The van der Waals surface area contributed by atoms with Gasteiger partial charge in [0.1, 0.15) is 0 Å². The minimum Gasteiger partial charge on any atom is -0.659 e. The Morgan fingerprint density at radius 1 is 1.36 bits per heavy atom. The molecule has 22 heavy (non-hydrogen) atoms.